The minimum atomic E-state index is 0. The van der Waals surface area contributed by atoms with E-state index in [1.54, 1.807) is 6.08 Å². The molecule has 0 atom stereocenters. The van der Waals surface area contributed by atoms with Gasteiger partial charge in [-0.25, -0.2) is 12.2 Å². The molecule has 0 aromatic rings. The zero-order valence-corrected chi connectivity index (χ0v) is 18.0. The van der Waals surface area contributed by atoms with Crippen LogP contribution in [0.15, 0.2) is 42.5 Å². The van der Waals surface area contributed by atoms with Gasteiger partial charge in [-0.05, 0) is 31.6 Å². The van der Waals surface area contributed by atoms with E-state index in [0.717, 1.165) is 25.2 Å². The molecule has 1 heteroatoms. The summed E-state index contributed by atoms with van der Waals surface area (Å²) in [7, 11) is 0. The Morgan fingerprint density at radius 1 is 0.955 bits per heavy atom. The molecule has 0 saturated heterocycles. The van der Waals surface area contributed by atoms with Crippen LogP contribution in [-0.2, 0) is 32.7 Å². The molecule has 0 bridgehead atoms. The van der Waals surface area contributed by atoms with Crippen LogP contribution in [-0.4, -0.2) is 0 Å². The van der Waals surface area contributed by atoms with E-state index in [0.29, 0.717) is 0 Å². The van der Waals surface area contributed by atoms with Crippen LogP contribution in [0.2, 0.25) is 0 Å². The molecule has 0 rings (SSSR count). The molecule has 0 aliphatic carbocycles. The van der Waals surface area contributed by atoms with Gasteiger partial charge in [-0.15, -0.1) is 0 Å². The number of allylic oxidation sites excluding steroid dienone is 7. The van der Waals surface area contributed by atoms with Crippen molar-refractivity contribution in [2.45, 2.75) is 72.1 Å². The Labute approximate surface area is 166 Å². The Kier molecular flexibility index (Phi) is 31.8. The van der Waals surface area contributed by atoms with Crippen molar-refractivity contribution in [3.63, 3.8) is 0 Å². The second-order valence-corrected chi connectivity index (χ2v) is 5.57. The third-order valence-electron chi connectivity index (χ3n) is 2.88. The Morgan fingerprint density at radius 2 is 1.55 bits per heavy atom. The molecular formula is C21H36Y-2. The van der Waals surface area contributed by atoms with Crippen LogP contribution in [0.1, 0.15) is 72.1 Å². The third-order valence-corrected chi connectivity index (χ3v) is 2.88. The van der Waals surface area contributed by atoms with Crippen molar-refractivity contribution in [2.24, 2.45) is 5.92 Å². The Morgan fingerprint density at radius 3 is 2.00 bits per heavy atom. The van der Waals surface area contributed by atoms with Crippen LogP contribution in [0.25, 0.3) is 0 Å². The second-order valence-electron chi connectivity index (χ2n) is 5.57. The predicted molar refractivity (Wildman–Crippen MR) is 99.1 cm³/mol. The van der Waals surface area contributed by atoms with Crippen molar-refractivity contribution < 1.29 is 32.7 Å². The van der Waals surface area contributed by atoms with Crippen LogP contribution in [0, 0.1) is 19.4 Å². The van der Waals surface area contributed by atoms with Gasteiger partial charge in [-0.3, -0.25) is 6.58 Å². The first-order valence-corrected chi connectivity index (χ1v) is 8.48. The van der Waals surface area contributed by atoms with Gasteiger partial charge in [0.15, 0.2) is 0 Å². The van der Waals surface area contributed by atoms with Crippen molar-refractivity contribution >= 4 is 0 Å². The van der Waals surface area contributed by atoms with Crippen molar-refractivity contribution in [3.05, 3.63) is 56.0 Å². The van der Waals surface area contributed by atoms with Crippen molar-refractivity contribution in [3.8, 4) is 0 Å². The number of rotatable bonds is 11. The van der Waals surface area contributed by atoms with E-state index in [2.05, 4.69) is 52.0 Å². The molecule has 0 aromatic heterocycles. The Bertz CT molecular complexity index is 272. The fourth-order valence-corrected chi connectivity index (χ4v) is 1.64. The van der Waals surface area contributed by atoms with Crippen molar-refractivity contribution in [1.82, 2.24) is 0 Å². The van der Waals surface area contributed by atoms with E-state index in [1.807, 2.05) is 12.2 Å². The molecule has 0 fully saturated rings. The first-order valence-electron chi connectivity index (χ1n) is 8.48. The summed E-state index contributed by atoms with van der Waals surface area (Å²) in [6.45, 7) is 15.6. The molecule has 0 amide bonds. The summed E-state index contributed by atoms with van der Waals surface area (Å²) in [5.74, 6) is 0.836. The molecule has 22 heavy (non-hydrogen) atoms. The predicted octanol–water partition coefficient (Wildman–Crippen LogP) is 7.26. The van der Waals surface area contributed by atoms with Crippen molar-refractivity contribution in [1.29, 1.82) is 0 Å². The van der Waals surface area contributed by atoms with Crippen LogP contribution in [0.4, 0.5) is 0 Å². The fraction of sp³-hybridized carbons (Fsp3) is 0.571. The molecule has 0 aromatic carbocycles. The van der Waals surface area contributed by atoms with Crippen LogP contribution < -0.4 is 0 Å². The minimum absolute atomic E-state index is 0. The smallest absolute Gasteiger partial charge is 0 e. The molecule has 0 heterocycles. The van der Waals surface area contributed by atoms with Gasteiger partial charge in [0.05, 0.1) is 0 Å². The van der Waals surface area contributed by atoms with E-state index in [4.69, 9.17) is 6.58 Å². The molecule has 0 aliphatic rings. The van der Waals surface area contributed by atoms with E-state index in [9.17, 15) is 0 Å². The summed E-state index contributed by atoms with van der Waals surface area (Å²) in [6.07, 6.45) is 23.9. The van der Waals surface area contributed by atoms with Gasteiger partial charge in [-0.1, -0.05) is 64.3 Å². The summed E-state index contributed by atoms with van der Waals surface area (Å²) >= 11 is 0. The molecule has 1 radical (unpaired) electrons. The van der Waals surface area contributed by atoms with E-state index in [-0.39, 0.29) is 32.7 Å². The number of hydrogen-bond donors (Lipinski definition) is 0. The summed E-state index contributed by atoms with van der Waals surface area (Å²) in [6, 6.07) is 0. The minimum Gasteiger partial charge on any atom is -0.343 e. The zero-order chi connectivity index (χ0) is 16.2. The van der Waals surface area contributed by atoms with Crippen LogP contribution in [0.5, 0.6) is 0 Å². The maximum Gasteiger partial charge on any atom is 0 e. The molecule has 0 spiro atoms. The molecule has 0 saturated carbocycles. The normalized spacial score (nSPS) is 11.0. The molecular weight excluding hydrogens is 341 g/mol. The van der Waals surface area contributed by atoms with E-state index >= 15 is 0 Å². The van der Waals surface area contributed by atoms with Crippen LogP contribution in [0.3, 0.4) is 0 Å². The molecule has 0 N–H and O–H groups in total. The van der Waals surface area contributed by atoms with Gasteiger partial charge < -0.3 is 6.92 Å². The molecule has 0 aliphatic heterocycles. The standard InChI is InChI=1S/C15H23.C6H13.Y/c1-3-5-7-9-11-13-15-14-12-10-8-6-4-2;1-4-5-6(2)3;/h1,3,5,7,11-14H,4,6,8-10,15H2,2H3;6H,1,4-5H2,2-3H3;/q2*-1;/b7-5-,13-11-,14-12-;;. The van der Waals surface area contributed by atoms with Gasteiger partial charge in [-0.2, -0.15) is 12.5 Å². The second kappa shape index (κ2) is 26.0. The van der Waals surface area contributed by atoms with Gasteiger partial charge in [0.2, 0.25) is 0 Å². The van der Waals surface area contributed by atoms with Gasteiger partial charge in [0.25, 0.3) is 0 Å². The number of unbranched alkanes of at least 4 members (excludes halogenated alkanes) is 3. The summed E-state index contributed by atoms with van der Waals surface area (Å²) < 4.78 is 0. The SMILES string of the molecule is [CH-]=C/C=C\C/C=C\C/C=C\CCCCC.[CH2-]CCC(C)C.[Y]. The largest absolute Gasteiger partial charge is 0.343 e. The molecule has 0 unspecified atom stereocenters. The van der Waals surface area contributed by atoms with Crippen LogP contribution >= 0.6 is 0 Å². The third kappa shape index (κ3) is 32.1. The fourth-order valence-electron chi connectivity index (χ4n) is 1.64. The van der Waals surface area contributed by atoms with Crippen molar-refractivity contribution in [2.75, 3.05) is 0 Å². The molecule has 0 nitrogen and oxygen atoms in total. The summed E-state index contributed by atoms with van der Waals surface area (Å²) in [5, 5.41) is 0. The first kappa shape index (κ1) is 26.9. The van der Waals surface area contributed by atoms with E-state index < -0.39 is 0 Å². The topological polar surface area (TPSA) is 0 Å². The maximum absolute atomic E-state index is 5.20. The summed E-state index contributed by atoms with van der Waals surface area (Å²) in [5.41, 5.74) is 0. The Balaban J connectivity index is -0.000000439. The Hall–Kier alpha value is 0.0639. The quantitative estimate of drug-likeness (QED) is 0.154. The first-order chi connectivity index (χ1) is 10.2. The monoisotopic (exact) mass is 377 g/mol. The van der Waals surface area contributed by atoms with Gasteiger partial charge >= 0.3 is 0 Å². The zero-order valence-electron chi connectivity index (χ0n) is 15.1. The average Bonchev–Trinajstić information content (AvgIpc) is 2.45. The van der Waals surface area contributed by atoms with Gasteiger partial charge in [0, 0.05) is 32.7 Å². The van der Waals surface area contributed by atoms with Gasteiger partial charge in [0.1, 0.15) is 0 Å². The molecule has 125 valence electrons. The number of hydrogen-bond acceptors (Lipinski definition) is 0. The maximum atomic E-state index is 5.20. The average molecular weight is 377 g/mol. The summed E-state index contributed by atoms with van der Waals surface area (Å²) in [4.78, 5) is 0. The van der Waals surface area contributed by atoms with E-state index in [1.165, 1.54) is 32.1 Å².